The maximum absolute atomic E-state index is 3.65. The molecule has 3 rings (SSSR count). The van der Waals surface area contributed by atoms with E-state index in [9.17, 15) is 0 Å². The molecule has 1 N–H and O–H groups in total. The number of unbranched alkanes of at least 4 members (excludes halogenated alkanes) is 4. The van der Waals surface area contributed by atoms with Crippen molar-refractivity contribution in [2.24, 2.45) is 0 Å². The Bertz CT molecular complexity index is 816. The molecule has 1 heterocycles. The van der Waals surface area contributed by atoms with E-state index < -0.39 is 0 Å². The van der Waals surface area contributed by atoms with Crippen LogP contribution >= 0.6 is 0 Å². The first-order valence-corrected chi connectivity index (χ1v) is 12.3. The van der Waals surface area contributed by atoms with E-state index >= 15 is 0 Å². The number of aromatic nitrogens is 1. The molecule has 158 valence electrons. The van der Waals surface area contributed by atoms with Crippen molar-refractivity contribution in [3.63, 3.8) is 0 Å². The van der Waals surface area contributed by atoms with E-state index in [0.717, 1.165) is 0 Å². The standard InChI is InChI=1S/C28H41N/c1-5-9-11-13-21(7-3)23-15-17-27-25(19-23)26-20-24(16-18-28(26)29-27)22(8-4)14-12-10-6-2/h15-22,29H,5-14H2,1-4H3. The zero-order valence-corrected chi connectivity index (χ0v) is 19.2. The van der Waals surface area contributed by atoms with E-state index in [1.54, 1.807) is 0 Å². The van der Waals surface area contributed by atoms with Gasteiger partial charge in [0.05, 0.1) is 0 Å². The van der Waals surface area contributed by atoms with Crippen molar-refractivity contribution in [2.45, 2.75) is 104 Å². The summed E-state index contributed by atoms with van der Waals surface area (Å²) >= 11 is 0. The predicted octanol–water partition coefficient (Wildman–Crippen LogP) is 9.47. The van der Waals surface area contributed by atoms with Gasteiger partial charge in [-0.2, -0.15) is 0 Å². The highest BCUT2D eigenvalue weighted by atomic mass is 14.7. The summed E-state index contributed by atoms with van der Waals surface area (Å²) in [5, 5.41) is 2.83. The average Bonchev–Trinajstić information content (AvgIpc) is 3.11. The number of benzene rings is 2. The molecule has 1 nitrogen and oxygen atoms in total. The van der Waals surface area contributed by atoms with Gasteiger partial charge in [-0.25, -0.2) is 0 Å². The number of aromatic amines is 1. The Morgan fingerprint density at radius 1 is 0.621 bits per heavy atom. The Morgan fingerprint density at radius 3 is 1.45 bits per heavy atom. The van der Waals surface area contributed by atoms with E-state index in [2.05, 4.69) is 69.1 Å². The Hall–Kier alpha value is -1.76. The lowest BCUT2D eigenvalue weighted by atomic mass is 9.89. The molecule has 0 saturated heterocycles. The minimum atomic E-state index is 0.691. The monoisotopic (exact) mass is 391 g/mol. The molecule has 1 heteroatoms. The van der Waals surface area contributed by atoms with Gasteiger partial charge in [-0.15, -0.1) is 0 Å². The Morgan fingerprint density at radius 2 is 1.07 bits per heavy atom. The molecule has 0 aliphatic heterocycles. The van der Waals surface area contributed by atoms with Crippen LogP contribution in [0, 0.1) is 0 Å². The molecule has 0 radical (unpaired) electrons. The molecular weight excluding hydrogens is 350 g/mol. The zero-order chi connectivity index (χ0) is 20.6. The molecule has 29 heavy (non-hydrogen) atoms. The number of rotatable bonds is 12. The first kappa shape index (κ1) is 21.9. The third-order valence-corrected chi connectivity index (χ3v) is 6.89. The van der Waals surface area contributed by atoms with Gasteiger partial charge in [0.25, 0.3) is 0 Å². The SMILES string of the molecule is CCCCCC(CC)c1ccc2[nH]c3ccc(C(CC)CCCCC)cc3c2c1. The molecule has 0 saturated carbocycles. The van der Waals surface area contributed by atoms with Crippen LogP contribution in [-0.2, 0) is 0 Å². The van der Waals surface area contributed by atoms with Crippen LogP contribution in [0.5, 0.6) is 0 Å². The number of nitrogens with one attached hydrogen (secondary N) is 1. The summed E-state index contributed by atoms with van der Waals surface area (Å²) in [7, 11) is 0. The van der Waals surface area contributed by atoms with Crippen LogP contribution in [0.15, 0.2) is 36.4 Å². The van der Waals surface area contributed by atoms with Crippen LogP contribution in [0.4, 0.5) is 0 Å². The summed E-state index contributed by atoms with van der Waals surface area (Å²) in [5.74, 6) is 1.38. The molecule has 0 spiro atoms. The zero-order valence-electron chi connectivity index (χ0n) is 19.2. The van der Waals surface area contributed by atoms with Gasteiger partial charge in [0.1, 0.15) is 0 Å². The molecule has 0 bridgehead atoms. The highest BCUT2D eigenvalue weighted by molar-refractivity contribution is 6.07. The topological polar surface area (TPSA) is 15.8 Å². The van der Waals surface area contributed by atoms with Gasteiger partial charge in [0.15, 0.2) is 0 Å². The molecule has 0 fully saturated rings. The van der Waals surface area contributed by atoms with Gasteiger partial charge < -0.3 is 4.98 Å². The first-order valence-electron chi connectivity index (χ1n) is 12.3. The maximum Gasteiger partial charge on any atom is 0.0465 e. The third-order valence-electron chi connectivity index (χ3n) is 6.89. The summed E-state index contributed by atoms with van der Waals surface area (Å²) in [6, 6.07) is 14.3. The van der Waals surface area contributed by atoms with E-state index in [0.29, 0.717) is 11.8 Å². The fourth-order valence-electron chi connectivity index (χ4n) is 4.93. The molecule has 2 aromatic carbocycles. The molecule has 2 unspecified atom stereocenters. The van der Waals surface area contributed by atoms with E-state index in [-0.39, 0.29) is 0 Å². The van der Waals surface area contributed by atoms with Crippen molar-refractivity contribution in [1.82, 2.24) is 4.98 Å². The second-order valence-corrected chi connectivity index (χ2v) is 8.94. The Balaban J connectivity index is 1.92. The summed E-state index contributed by atoms with van der Waals surface area (Å²) in [5.41, 5.74) is 5.61. The van der Waals surface area contributed by atoms with Gasteiger partial charge in [-0.1, -0.05) is 78.4 Å². The second-order valence-electron chi connectivity index (χ2n) is 8.94. The predicted molar refractivity (Wildman–Crippen MR) is 130 cm³/mol. The maximum atomic E-state index is 3.65. The number of hydrogen-bond acceptors (Lipinski definition) is 0. The van der Waals surface area contributed by atoms with E-state index in [1.165, 1.54) is 97.1 Å². The van der Waals surface area contributed by atoms with Crippen LogP contribution in [0.3, 0.4) is 0 Å². The molecule has 0 amide bonds. The highest BCUT2D eigenvalue weighted by Crippen LogP contribution is 2.34. The van der Waals surface area contributed by atoms with Crippen molar-refractivity contribution in [2.75, 3.05) is 0 Å². The van der Waals surface area contributed by atoms with Crippen LogP contribution < -0.4 is 0 Å². The lowest BCUT2D eigenvalue weighted by Crippen LogP contribution is -1.98. The van der Waals surface area contributed by atoms with Crippen LogP contribution in [0.25, 0.3) is 21.8 Å². The molecular formula is C28H41N. The smallest absolute Gasteiger partial charge is 0.0465 e. The number of hydrogen-bond donors (Lipinski definition) is 1. The van der Waals surface area contributed by atoms with Crippen molar-refractivity contribution in [3.8, 4) is 0 Å². The van der Waals surface area contributed by atoms with Gasteiger partial charge in [-0.3, -0.25) is 0 Å². The van der Waals surface area contributed by atoms with Crippen molar-refractivity contribution < 1.29 is 0 Å². The summed E-state index contributed by atoms with van der Waals surface area (Å²) < 4.78 is 0. The molecule has 0 aliphatic rings. The van der Waals surface area contributed by atoms with Crippen LogP contribution in [-0.4, -0.2) is 4.98 Å². The summed E-state index contributed by atoms with van der Waals surface area (Å²) in [6.07, 6.45) is 13.1. The fraction of sp³-hybridized carbons (Fsp3) is 0.571. The van der Waals surface area contributed by atoms with Crippen molar-refractivity contribution in [3.05, 3.63) is 47.5 Å². The lowest BCUT2D eigenvalue weighted by Gasteiger charge is -2.16. The van der Waals surface area contributed by atoms with Gasteiger partial charge >= 0.3 is 0 Å². The fourth-order valence-corrected chi connectivity index (χ4v) is 4.93. The first-order chi connectivity index (χ1) is 14.2. The molecule has 1 aromatic heterocycles. The second kappa shape index (κ2) is 10.9. The van der Waals surface area contributed by atoms with Gasteiger partial charge in [0.2, 0.25) is 0 Å². The Labute approximate surface area is 178 Å². The average molecular weight is 392 g/mol. The molecule has 3 aromatic rings. The van der Waals surface area contributed by atoms with Gasteiger partial charge in [0, 0.05) is 21.8 Å². The van der Waals surface area contributed by atoms with Crippen LogP contribution in [0.2, 0.25) is 0 Å². The summed E-state index contributed by atoms with van der Waals surface area (Å²) in [4.78, 5) is 3.65. The molecule has 0 aliphatic carbocycles. The molecule has 2 atom stereocenters. The summed E-state index contributed by atoms with van der Waals surface area (Å²) in [6.45, 7) is 9.28. The Kier molecular flexibility index (Phi) is 8.21. The lowest BCUT2D eigenvalue weighted by molar-refractivity contribution is 0.553. The minimum Gasteiger partial charge on any atom is -0.355 e. The highest BCUT2D eigenvalue weighted by Gasteiger charge is 2.14. The van der Waals surface area contributed by atoms with E-state index in [4.69, 9.17) is 0 Å². The number of fused-ring (bicyclic) bond motifs is 3. The van der Waals surface area contributed by atoms with Gasteiger partial charge in [-0.05, 0) is 72.9 Å². The van der Waals surface area contributed by atoms with Crippen molar-refractivity contribution in [1.29, 1.82) is 0 Å². The van der Waals surface area contributed by atoms with E-state index in [1.807, 2.05) is 0 Å². The normalized spacial score (nSPS) is 13.9. The minimum absolute atomic E-state index is 0.691. The van der Waals surface area contributed by atoms with Crippen LogP contribution in [0.1, 0.15) is 115 Å². The quantitative estimate of drug-likeness (QED) is 0.296. The third kappa shape index (κ3) is 5.24. The largest absolute Gasteiger partial charge is 0.355 e. The number of H-pyrrole nitrogens is 1. The van der Waals surface area contributed by atoms with Crippen molar-refractivity contribution >= 4 is 21.8 Å².